The molecule has 1 aromatic carbocycles. The van der Waals surface area contributed by atoms with Gasteiger partial charge in [-0.25, -0.2) is 4.98 Å². The lowest BCUT2D eigenvalue weighted by Gasteiger charge is -2.17. The molecule has 0 saturated heterocycles. The molecule has 36 heavy (non-hydrogen) atoms. The van der Waals surface area contributed by atoms with Crippen molar-refractivity contribution in [2.75, 3.05) is 11.9 Å². The Hall–Kier alpha value is -3.98. The minimum Gasteiger partial charge on any atom is -0.384 e. The second-order valence-corrected chi connectivity index (χ2v) is 8.06. The highest BCUT2D eigenvalue weighted by atomic mass is 16.2. The van der Waals surface area contributed by atoms with E-state index >= 15 is 0 Å². The molecule has 1 aromatic heterocycles. The summed E-state index contributed by atoms with van der Waals surface area (Å²) in [4.78, 5) is 30.3. The number of rotatable bonds is 11. The second kappa shape index (κ2) is 15.1. The highest BCUT2D eigenvalue weighted by Gasteiger charge is 2.16. The number of carbonyl (C=O) groups excluding carboxylic acids is 1. The average molecular weight is 494 g/mol. The fourth-order valence-corrected chi connectivity index (χ4v) is 3.18. The second-order valence-electron chi connectivity index (χ2n) is 8.06. The number of aromatic nitrogens is 2. The molecular weight excluding hydrogens is 454 g/mol. The highest BCUT2D eigenvalue weighted by molar-refractivity contribution is 5.94. The normalized spacial score (nSPS) is 11.4. The molecule has 9 nitrogen and oxygen atoms in total. The zero-order chi connectivity index (χ0) is 27.3. The molecule has 2 rings (SSSR count). The summed E-state index contributed by atoms with van der Waals surface area (Å²) in [6.45, 7) is 14.0. The largest absolute Gasteiger partial charge is 0.384 e. The van der Waals surface area contributed by atoms with Gasteiger partial charge in [0.25, 0.3) is 5.56 Å². The Labute approximate surface area is 213 Å². The van der Waals surface area contributed by atoms with Gasteiger partial charge in [0.05, 0.1) is 11.9 Å². The predicted octanol–water partition coefficient (Wildman–Crippen LogP) is 3.16. The summed E-state index contributed by atoms with van der Waals surface area (Å²) in [5, 5.41) is 13.3. The van der Waals surface area contributed by atoms with E-state index in [1.54, 1.807) is 36.5 Å². The van der Waals surface area contributed by atoms with Crippen molar-refractivity contribution >= 4 is 23.1 Å². The van der Waals surface area contributed by atoms with Crippen molar-refractivity contribution < 1.29 is 4.79 Å². The van der Waals surface area contributed by atoms with Crippen LogP contribution in [0.15, 0.2) is 65.6 Å². The zero-order valence-electron chi connectivity index (χ0n) is 21.9. The molecule has 1 amide bonds. The van der Waals surface area contributed by atoms with Gasteiger partial charge in [0.2, 0.25) is 5.91 Å². The van der Waals surface area contributed by atoms with Crippen LogP contribution in [0, 0.1) is 5.41 Å². The average Bonchev–Trinajstić information content (AvgIpc) is 2.85. The van der Waals surface area contributed by atoms with E-state index in [1.165, 1.54) is 4.57 Å². The molecule has 1 heterocycles. The fraction of sp³-hybridized carbons (Fsp3) is 0.333. The first-order chi connectivity index (χ1) is 17.2. The fourth-order valence-electron chi connectivity index (χ4n) is 3.18. The van der Waals surface area contributed by atoms with Crippen LogP contribution in [0.25, 0.3) is 5.57 Å². The van der Waals surface area contributed by atoms with Crippen molar-refractivity contribution in [3.63, 3.8) is 0 Å². The van der Waals surface area contributed by atoms with E-state index in [2.05, 4.69) is 22.2 Å². The van der Waals surface area contributed by atoms with Crippen LogP contribution in [0.1, 0.15) is 51.4 Å². The summed E-state index contributed by atoms with van der Waals surface area (Å²) in [6, 6.07) is 7.01. The van der Waals surface area contributed by atoms with Gasteiger partial charge in [0, 0.05) is 24.7 Å². The minimum atomic E-state index is -0.402. The monoisotopic (exact) mass is 493 g/mol. The number of amides is 1. The van der Waals surface area contributed by atoms with Crippen LogP contribution in [-0.4, -0.2) is 33.9 Å². The number of amidine groups is 1. The van der Waals surface area contributed by atoms with Gasteiger partial charge in [-0.3, -0.25) is 19.6 Å². The topological polar surface area (TPSA) is 152 Å². The van der Waals surface area contributed by atoms with Crippen molar-refractivity contribution in [2.24, 2.45) is 11.5 Å². The van der Waals surface area contributed by atoms with Crippen LogP contribution in [0.3, 0.4) is 0 Å². The maximum Gasteiger partial charge on any atom is 0.294 e. The molecule has 0 aliphatic rings. The SMILES string of the molecule is C=C/C(=C\C(C)=C/CN)c1cnc(NC(C)C)c(=O)n1CC(=O)NCc1ccc(C(=N)N)cc1.CC. The molecule has 0 atom stereocenters. The van der Waals surface area contributed by atoms with Crippen molar-refractivity contribution in [3.05, 3.63) is 88.0 Å². The summed E-state index contributed by atoms with van der Waals surface area (Å²) in [5.41, 5.74) is 14.1. The van der Waals surface area contributed by atoms with Gasteiger partial charge < -0.3 is 22.1 Å². The van der Waals surface area contributed by atoms with Crippen molar-refractivity contribution in [2.45, 2.75) is 53.8 Å². The van der Waals surface area contributed by atoms with Crippen LogP contribution < -0.4 is 27.7 Å². The van der Waals surface area contributed by atoms with Gasteiger partial charge in [-0.1, -0.05) is 68.5 Å². The zero-order valence-corrected chi connectivity index (χ0v) is 21.9. The van der Waals surface area contributed by atoms with Crippen LogP contribution in [0.5, 0.6) is 0 Å². The van der Waals surface area contributed by atoms with E-state index in [9.17, 15) is 9.59 Å². The third-order valence-electron chi connectivity index (χ3n) is 4.87. The van der Waals surface area contributed by atoms with E-state index in [4.69, 9.17) is 16.9 Å². The highest BCUT2D eigenvalue weighted by Crippen LogP contribution is 2.17. The first-order valence-electron chi connectivity index (χ1n) is 11.9. The smallest absolute Gasteiger partial charge is 0.294 e. The Balaban J connectivity index is 0.00000316. The van der Waals surface area contributed by atoms with Crippen LogP contribution >= 0.6 is 0 Å². The number of benzene rings is 1. The van der Waals surface area contributed by atoms with Gasteiger partial charge >= 0.3 is 0 Å². The van der Waals surface area contributed by atoms with E-state index < -0.39 is 5.56 Å². The number of hydrogen-bond acceptors (Lipinski definition) is 6. The summed E-state index contributed by atoms with van der Waals surface area (Å²) in [7, 11) is 0. The number of anilines is 1. The summed E-state index contributed by atoms with van der Waals surface area (Å²) < 4.78 is 1.38. The number of carbonyl (C=O) groups is 1. The van der Waals surface area contributed by atoms with E-state index in [0.29, 0.717) is 23.4 Å². The summed E-state index contributed by atoms with van der Waals surface area (Å²) in [6.07, 6.45) is 6.86. The van der Waals surface area contributed by atoms with E-state index in [0.717, 1.165) is 11.1 Å². The third-order valence-corrected chi connectivity index (χ3v) is 4.87. The number of hydrogen-bond donors (Lipinski definition) is 5. The van der Waals surface area contributed by atoms with Crippen molar-refractivity contribution in [1.29, 1.82) is 5.41 Å². The van der Waals surface area contributed by atoms with Gasteiger partial charge in [-0.2, -0.15) is 0 Å². The first kappa shape index (κ1) is 30.1. The Morgan fingerprint density at radius 2 is 1.89 bits per heavy atom. The molecule has 194 valence electrons. The predicted molar refractivity (Wildman–Crippen MR) is 149 cm³/mol. The number of nitrogens with two attached hydrogens (primary N) is 2. The Kier molecular flexibility index (Phi) is 12.6. The van der Waals surface area contributed by atoms with Gasteiger partial charge in [-0.05, 0) is 31.9 Å². The molecule has 0 radical (unpaired) electrons. The van der Waals surface area contributed by atoms with Gasteiger partial charge in [0.15, 0.2) is 5.82 Å². The molecule has 0 saturated carbocycles. The molecule has 0 spiro atoms. The van der Waals surface area contributed by atoms with Crippen LogP contribution in [0.2, 0.25) is 0 Å². The van der Waals surface area contributed by atoms with Gasteiger partial charge in [0.1, 0.15) is 12.4 Å². The van der Waals surface area contributed by atoms with Crippen molar-refractivity contribution in [1.82, 2.24) is 14.9 Å². The molecule has 0 aliphatic carbocycles. The van der Waals surface area contributed by atoms with Crippen LogP contribution in [-0.2, 0) is 17.9 Å². The summed E-state index contributed by atoms with van der Waals surface area (Å²) in [5.74, 6) is -0.184. The minimum absolute atomic E-state index is 0.00421. The standard InChI is InChI=1S/C25H33N7O2.C2H6/c1-5-19(12-17(4)10-11-26)21-14-30-24(31-16(2)3)25(34)32(21)15-22(33)29-13-18-6-8-20(9-7-18)23(27)28;1-2/h5-10,12,14,16H,1,11,13,15,26H2,2-4H3,(H3,27,28)(H,29,33)(H,30,31);1-2H3/b17-10-,19-12+;. The maximum atomic E-state index is 13.2. The number of nitrogens with one attached hydrogen (secondary N) is 3. The lowest BCUT2D eigenvalue weighted by atomic mass is 10.1. The maximum absolute atomic E-state index is 13.2. The summed E-state index contributed by atoms with van der Waals surface area (Å²) >= 11 is 0. The molecule has 0 aliphatic heterocycles. The Morgan fingerprint density at radius 3 is 2.42 bits per heavy atom. The van der Waals surface area contributed by atoms with E-state index in [1.807, 2.05) is 46.8 Å². The molecule has 0 unspecified atom stereocenters. The molecular formula is C27H39N7O2. The first-order valence-corrected chi connectivity index (χ1v) is 11.9. The molecule has 2 aromatic rings. The van der Waals surface area contributed by atoms with E-state index in [-0.39, 0.29) is 36.7 Å². The molecule has 9 heteroatoms. The number of allylic oxidation sites excluding steroid dienone is 4. The Bertz CT molecular complexity index is 1160. The number of nitrogen functional groups attached to an aromatic ring is 1. The molecule has 0 fully saturated rings. The molecule has 0 bridgehead atoms. The quantitative estimate of drug-likeness (QED) is 0.184. The van der Waals surface area contributed by atoms with Crippen molar-refractivity contribution in [3.8, 4) is 0 Å². The van der Waals surface area contributed by atoms with Gasteiger partial charge in [-0.15, -0.1) is 0 Å². The van der Waals surface area contributed by atoms with Crippen LogP contribution in [0.4, 0.5) is 5.82 Å². The Morgan fingerprint density at radius 1 is 1.25 bits per heavy atom. The lowest BCUT2D eigenvalue weighted by molar-refractivity contribution is -0.121. The number of nitrogens with zero attached hydrogens (tertiary/aromatic N) is 2. The third kappa shape index (κ3) is 8.99. The lowest BCUT2D eigenvalue weighted by Crippen LogP contribution is -2.35. The molecule has 7 N–H and O–H groups in total.